The van der Waals surface area contributed by atoms with Gasteiger partial charge in [0.2, 0.25) is 0 Å². The third-order valence-electron chi connectivity index (χ3n) is 0.936. The Balaban J connectivity index is 3.38. The smallest absolute Gasteiger partial charge is 0.332 e. The molecule has 0 atom stereocenters. The fraction of sp³-hybridized carbons (Fsp3) is 0.667. The normalized spacial score (nSPS) is 10.0. The Bertz CT molecular complexity index is 161. The van der Waals surface area contributed by atoms with Gasteiger partial charge in [-0.15, -0.1) is 0 Å². The van der Waals surface area contributed by atoms with Crippen molar-refractivity contribution in [3.05, 3.63) is 12.2 Å². The highest BCUT2D eigenvalue weighted by atomic mass is 16.6. The molecule has 0 bridgehead atoms. The van der Waals surface area contributed by atoms with Gasteiger partial charge in [-0.3, -0.25) is 0 Å². The highest BCUT2D eigenvalue weighted by molar-refractivity contribution is 5.70. The lowest BCUT2D eigenvalue weighted by atomic mass is 10.4. The lowest BCUT2D eigenvalue weighted by Gasteiger charge is -2.07. The van der Waals surface area contributed by atoms with Crippen molar-refractivity contribution in [2.75, 3.05) is 13.2 Å². The average Bonchev–Trinajstić information content (AvgIpc) is 1.84. The molecule has 0 heterocycles. The van der Waals surface area contributed by atoms with Gasteiger partial charge in [-0.05, 0) is 20.8 Å². The minimum atomic E-state index is -0.328. The molecule has 0 aliphatic heterocycles. The number of rotatable bonds is 5. The predicted molar refractivity (Wildman–Crippen MR) is 46.9 cm³/mol. The van der Waals surface area contributed by atoms with Crippen LogP contribution in [-0.4, -0.2) is 25.3 Å². The van der Waals surface area contributed by atoms with Crippen LogP contribution in [0.2, 0.25) is 0 Å². The van der Waals surface area contributed by atoms with E-state index in [9.17, 15) is 4.79 Å². The molecule has 70 valence electrons. The largest absolute Gasteiger partial charge is 0.461 e. The Hall–Kier alpha value is -0.830. The van der Waals surface area contributed by atoms with Crippen molar-refractivity contribution in [3.8, 4) is 0 Å². The van der Waals surface area contributed by atoms with Crippen LogP contribution in [-0.2, 0) is 14.3 Å². The number of ether oxygens (including phenoxy) is 2. The molecule has 0 aromatic carbocycles. The lowest BCUT2D eigenvalue weighted by Crippen LogP contribution is -2.17. The van der Waals surface area contributed by atoms with Gasteiger partial charge in [-0.25, -0.2) is 4.79 Å². The van der Waals surface area contributed by atoms with Crippen LogP contribution in [0.4, 0.5) is 0 Å². The van der Waals surface area contributed by atoms with Crippen molar-refractivity contribution >= 4 is 5.97 Å². The first-order valence-electron chi connectivity index (χ1n) is 3.94. The molecule has 12 heavy (non-hydrogen) atoms. The molecule has 0 aliphatic carbocycles. The second-order valence-corrected chi connectivity index (χ2v) is 2.99. The molecule has 0 unspecified atom stereocenters. The van der Waals surface area contributed by atoms with Crippen molar-refractivity contribution in [2.24, 2.45) is 0 Å². The van der Waals surface area contributed by atoms with Crippen LogP contribution in [0.3, 0.4) is 0 Å². The number of hydrogen-bond donors (Lipinski definition) is 0. The summed E-state index contributed by atoms with van der Waals surface area (Å²) < 4.78 is 9.82. The van der Waals surface area contributed by atoms with Gasteiger partial charge in [-0.2, -0.15) is 0 Å². The molecule has 0 radical (unpaired) electrons. The molecule has 0 rings (SSSR count). The molecule has 0 spiro atoms. The maximum atomic E-state index is 10.9. The first kappa shape index (κ1) is 11.2. The summed E-state index contributed by atoms with van der Waals surface area (Å²) in [6, 6.07) is 0. The SMILES string of the molecule is C=C(C)COCC(=O)OC(C)C. The second-order valence-electron chi connectivity index (χ2n) is 2.99. The zero-order chi connectivity index (χ0) is 9.56. The molecule has 0 amide bonds. The molecule has 0 saturated carbocycles. The number of carbonyl (C=O) groups is 1. The van der Waals surface area contributed by atoms with Crippen molar-refractivity contribution in [1.82, 2.24) is 0 Å². The Labute approximate surface area is 73.4 Å². The molecule has 0 N–H and O–H groups in total. The monoisotopic (exact) mass is 172 g/mol. The molecule has 0 saturated heterocycles. The number of hydrogen-bond acceptors (Lipinski definition) is 3. The fourth-order valence-corrected chi connectivity index (χ4v) is 0.606. The summed E-state index contributed by atoms with van der Waals surface area (Å²) in [5.74, 6) is -0.328. The Morgan fingerprint density at radius 2 is 2.00 bits per heavy atom. The molecule has 0 aromatic rings. The van der Waals surface area contributed by atoms with E-state index in [1.54, 1.807) is 13.8 Å². The summed E-state index contributed by atoms with van der Waals surface area (Å²) in [7, 11) is 0. The third-order valence-corrected chi connectivity index (χ3v) is 0.936. The van der Waals surface area contributed by atoms with E-state index in [2.05, 4.69) is 6.58 Å². The van der Waals surface area contributed by atoms with Crippen molar-refractivity contribution in [3.63, 3.8) is 0 Å². The molecular weight excluding hydrogens is 156 g/mol. The fourth-order valence-electron chi connectivity index (χ4n) is 0.606. The molecule has 3 heteroatoms. The predicted octanol–water partition coefficient (Wildman–Crippen LogP) is 1.53. The highest BCUT2D eigenvalue weighted by Crippen LogP contribution is 1.92. The van der Waals surface area contributed by atoms with Gasteiger partial charge in [0.05, 0.1) is 12.7 Å². The van der Waals surface area contributed by atoms with Crippen molar-refractivity contribution < 1.29 is 14.3 Å². The summed E-state index contributed by atoms with van der Waals surface area (Å²) >= 11 is 0. The zero-order valence-electron chi connectivity index (χ0n) is 7.92. The summed E-state index contributed by atoms with van der Waals surface area (Å²) in [6.45, 7) is 9.50. The minimum Gasteiger partial charge on any atom is -0.461 e. The molecule has 3 nitrogen and oxygen atoms in total. The summed E-state index contributed by atoms with van der Waals surface area (Å²) in [5.41, 5.74) is 0.896. The van der Waals surface area contributed by atoms with Gasteiger partial charge in [-0.1, -0.05) is 12.2 Å². The maximum Gasteiger partial charge on any atom is 0.332 e. The van der Waals surface area contributed by atoms with E-state index in [0.29, 0.717) is 6.61 Å². The summed E-state index contributed by atoms with van der Waals surface area (Å²) in [5, 5.41) is 0. The van der Waals surface area contributed by atoms with Gasteiger partial charge in [0.25, 0.3) is 0 Å². The molecule has 0 aliphatic rings. The van der Waals surface area contributed by atoms with Gasteiger partial charge in [0.15, 0.2) is 0 Å². The standard InChI is InChI=1S/C9H16O3/c1-7(2)5-11-6-9(10)12-8(3)4/h8H,1,5-6H2,2-4H3. The van der Waals surface area contributed by atoms with Gasteiger partial charge in [0, 0.05) is 0 Å². The van der Waals surface area contributed by atoms with Gasteiger partial charge in [0.1, 0.15) is 6.61 Å². The van der Waals surface area contributed by atoms with Crippen LogP contribution >= 0.6 is 0 Å². The lowest BCUT2D eigenvalue weighted by molar-refractivity contribution is -0.152. The third kappa shape index (κ3) is 7.28. The Morgan fingerprint density at radius 1 is 1.42 bits per heavy atom. The van der Waals surface area contributed by atoms with Gasteiger partial charge >= 0.3 is 5.97 Å². The van der Waals surface area contributed by atoms with E-state index < -0.39 is 0 Å². The topological polar surface area (TPSA) is 35.5 Å². The maximum absolute atomic E-state index is 10.9. The molecular formula is C9H16O3. The summed E-state index contributed by atoms with van der Waals surface area (Å²) in [4.78, 5) is 10.9. The molecule has 0 aromatic heterocycles. The Kier molecular flexibility index (Phi) is 5.37. The van der Waals surface area contributed by atoms with E-state index in [1.807, 2.05) is 6.92 Å². The van der Waals surface area contributed by atoms with E-state index in [0.717, 1.165) is 5.57 Å². The van der Waals surface area contributed by atoms with Gasteiger partial charge < -0.3 is 9.47 Å². The first-order valence-corrected chi connectivity index (χ1v) is 3.94. The first-order chi connectivity index (χ1) is 5.52. The van der Waals surface area contributed by atoms with E-state index in [1.165, 1.54) is 0 Å². The summed E-state index contributed by atoms with van der Waals surface area (Å²) in [6.07, 6.45) is -0.0778. The average molecular weight is 172 g/mol. The van der Waals surface area contributed by atoms with E-state index in [-0.39, 0.29) is 18.7 Å². The van der Waals surface area contributed by atoms with Crippen LogP contribution in [0.25, 0.3) is 0 Å². The van der Waals surface area contributed by atoms with Crippen LogP contribution in [0.1, 0.15) is 20.8 Å². The van der Waals surface area contributed by atoms with Crippen LogP contribution in [0.15, 0.2) is 12.2 Å². The van der Waals surface area contributed by atoms with Crippen molar-refractivity contribution in [1.29, 1.82) is 0 Å². The van der Waals surface area contributed by atoms with Crippen LogP contribution < -0.4 is 0 Å². The zero-order valence-corrected chi connectivity index (χ0v) is 7.92. The van der Waals surface area contributed by atoms with Crippen LogP contribution in [0, 0.1) is 0 Å². The quantitative estimate of drug-likeness (QED) is 0.466. The van der Waals surface area contributed by atoms with Crippen LogP contribution in [0.5, 0.6) is 0 Å². The Morgan fingerprint density at radius 3 is 2.42 bits per heavy atom. The molecule has 0 fully saturated rings. The van der Waals surface area contributed by atoms with Crippen molar-refractivity contribution in [2.45, 2.75) is 26.9 Å². The second kappa shape index (κ2) is 5.77. The number of esters is 1. The van der Waals surface area contributed by atoms with E-state index in [4.69, 9.17) is 9.47 Å². The minimum absolute atomic E-state index is 0.00500. The number of carbonyl (C=O) groups excluding carboxylic acids is 1. The highest BCUT2D eigenvalue weighted by Gasteiger charge is 2.04. The van der Waals surface area contributed by atoms with E-state index >= 15 is 0 Å².